The first-order valence-corrected chi connectivity index (χ1v) is 10.2. The Labute approximate surface area is 163 Å². The maximum atomic E-state index is 12.4. The minimum absolute atomic E-state index is 0.0719. The first-order chi connectivity index (χ1) is 13.1. The van der Waals surface area contributed by atoms with Crippen molar-refractivity contribution in [1.82, 2.24) is 20.4 Å². The van der Waals surface area contributed by atoms with Gasteiger partial charge in [0.25, 0.3) is 5.91 Å². The molecule has 2 aliphatic rings. The lowest BCUT2D eigenvalue weighted by atomic mass is 10.2. The number of rotatable bonds is 7. The zero-order valence-corrected chi connectivity index (χ0v) is 16.4. The molecule has 2 aliphatic heterocycles. The Morgan fingerprint density at radius 3 is 2.96 bits per heavy atom. The van der Waals surface area contributed by atoms with Gasteiger partial charge in [-0.05, 0) is 31.9 Å². The third kappa shape index (κ3) is 4.68. The number of hydrogen-bond donors (Lipinski definition) is 2. The SMILES string of the molecule is C/C=C/CC(=O)N1CCC[C@@H]1c1ccc(C(=O)NCCN2CCNC2=O)s1. The van der Waals surface area contributed by atoms with Gasteiger partial charge in [0.1, 0.15) is 0 Å². The average Bonchev–Trinajstić information content (AvgIpc) is 3.40. The summed E-state index contributed by atoms with van der Waals surface area (Å²) in [4.78, 5) is 41.6. The van der Waals surface area contributed by atoms with Crippen LogP contribution in [0.3, 0.4) is 0 Å². The van der Waals surface area contributed by atoms with Gasteiger partial charge in [0, 0.05) is 44.0 Å². The van der Waals surface area contributed by atoms with E-state index in [4.69, 9.17) is 0 Å². The summed E-state index contributed by atoms with van der Waals surface area (Å²) in [5.41, 5.74) is 0. The van der Waals surface area contributed by atoms with Crippen molar-refractivity contribution in [3.05, 3.63) is 34.0 Å². The van der Waals surface area contributed by atoms with Crippen LogP contribution in [0.2, 0.25) is 0 Å². The van der Waals surface area contributed by atoms with Gasteiger partial charge in [0.05, 0.1) is 10.9 Å². The second-order valence-corrected chi connectivity index (χ2v) is 7.81. The van der Waals surface area contributed by atoms with Gasteiger partial charge in [-0.2, -0.15) is 0 Å². The highest BCUT2D eigenvalue weighted by Gasteiger charge is 2.30. The number of nitrogens with zero attached hydrogens (tertiary/aromatic N) is 2. The predicted molar refractivity (Wildman–Crippen MR) is 105 cm³/mol. The largest absolute Gasteiger partial charge is 0.350 e. The molecular formula is C19H26N4O3S. The fourth-order valence-electron chi connectivity index (χ4n) is 3.47. The second-order valence-electron chi connectivity index (χ2n) is 6.70. The van der Waals surface area contributed by atoms with Crippen molar-refractivity contribution < 1.29 is 14.4 Å². The highest BCUT2D eigenvalue weighted by atomic mass is 32.1. The van der Waals surface area contributed by atoms with E-state index in [0.717, 1.165) is 24.3 Å². The van der Waals surface area contributed by atoms with E-state index in [1.165, 1.54) is 11.3 Å². The van der Waals surface area contributed by atoms with Gasteiger partial charge in [-0.1, -0.05) is 12.2 Å². The van der Waals surface area contributed by atoms with E-state index in [0.29, 0.717) is 37.5 Å². The van der Waals surface area contributed by atoms with Crippen molar-refractivity contribution in [1.29, 1.82) is 0 Å². The van der Waals surface area contributed by atoms with E-state index in [9.17, 15) is 14.4 Å². The minimum atomic E-state index is -0.129. The van der Waals surface area contributed by atoms with Gasteiger partial charge < -0.3 is 20.4 Å². The van der Waals surface area contributed by atoms with Crippen molar-refractivity contribution in [3.8, 4) is 0 Å². The van der Waals surface area contributed by atoms with E-state index >= 15 is 0 Å². The molecular weight excluding hydrogens is 364 g/mol. The van der Waals surface area contributed by atoms with Crippen LogP contribution in [0.1, 0.15) is 46.8 Å². The Bertz CT molecular complexity index is 730. The molecule has 3 rings (SSSR count). The molecule has 0 radical (unpaired) electrons. The van der Waals surface area contributed by atoms with Crippen LogP contribution in [0.5, 0.6) is 0 Å². The van der Waals surface area contributed by atoms with Gasteiger partial charge in [0.15, 0.2) is 0 Å². The van der Waals surface area contributed by atoms with Crippen LogP contribution in [-0.4, -0.2) is 60.4 Å². The molecule has 7 nitrogen and oxygen atoms in total. The zero-order chi connectivity index (χ0) is 19.2. The normalized spacial score (nSPS) is 19.7. The highest BCUT2D eigenvalue weighted by Crippen LogP contribution is 2.36. The lowest BCUT2D eigenvalue weighted by Gasteiger charge is -2.23. The Kier molecular flexibility index (Phi) is 6.49. The zero-order valence-electron chi connectivity index (χ0n) is 15.6. The van der Waals surface area contributed by atoms with E-state index in [-0.39, 0.29) is 23.9 Å². The molecule has 0 unspecified atom stereocenters. The minimum Gasteiger partial charge on any atom is -0.350 e. The molecule has 2 saturated heterocycles. The number of carbonyl (C=O) groups is 3. The molecule has 0 saturated carbocycles. The van der Waals surface area contributed by atoms with Crippen LogP contribution in [0, 0.1) is 0 Å². The fourth-order valence-corrected chi connectivity index (χ4v) is 4.54. The highest BCUT2D eigenvalue weighted by molar-refractivity contribution is 7.14. The topological polar surface area (TPSA) is 81.8 Å². The van der Waals surface area contributed by atoms with E-state index in [1.54, 1.807) is 4.90 Å². The van der Waals surface area contributed by atoms with Gasteiger partial charge in [-0.3, -0.25) is 9.59 Å². The summed E-state index contributed by atoms with van der Waals surface area (Å²) in [6, 6.07) is 3.78. The van der Waals surface area contributed by atoms with Crippen molar-refractivity contribution in [3.63, 3.8) is 0 Å². The lowest BCUT2D eigenvalue weighted by Crippen LogP contribution is -2.36. The first-order valence-electron chi connectivity index (χ1n) is 9.41. The van der Waals surface area contributed by atoms with Crippen LogP contribution >= 0.6 is 11.3 Å². The number of urea groups is 1. The molecule has 4 amide bonds. The Hall–Kier alpha value is -2.35. The van der Waals surface area contributed by atoms with Crippen molar-refractivity contribution in [2.24, 2.45) is 0 Å². The van der Waals surface area contributed by atoms with Gasteiger partial charge in [0.2, 0.25) is 5.91 Å². The third-order valence-electron chi connectivity index (χ3n) is 4.89. The summed E-state index contributed by atoms with van der Waals surface area (Å²) in [6.45, 7) is 4.96. The summed E-state index contributed by atoms with van der Waals surface area (Å²) in [6.07, 6.45) is 6.13. The molecule has 0 spiro atoms. The Balaban J connectivity index is 1.54. The molecule has 0 aromatic carbocycles. The molecule has 0 aliphatic carbocycles. The van der Waals surface area contributed by atoms with Gasteiger partial charge >= 0.3 is 6.03 Å². The van der Waals surface area contributed by atoms with Crippen LogP contribution in [0.15, 0.2) is 24.3 Å². The van der Waals surface area contributed by atoms with E-state index < -0.39 is 0 Å². The van der Waals surface area contributed by atoms with Crippen LogP contribution in [-0.2, 0) is 4.79 Å². The van der Waals surface area contributed by atoms with Crippen molar-refractivity contribution in [2.45, 2.75) is 32.2 Å². The molecule has 3 heterocycles. The summed E-state index contributed by atoms with van der Waals surface area (Å²) < 4.78 is 0. The van der Waals surface area contributed by atoms with Crippen molar-refractivity contribution in [2.75, 3.05) is 32.7 Å². The van der Waals surface area contributed by atoms with Crippen LogP contribution in [0.25, 0.3) is 0 Å². The summed E-state index contributed by atoms with van der Waals surface area (Å²) in [7, 11) is 0. The maximum Gasteiger partial charge on any atom is 0.317 e. The first kappa shape index (κ1) is 19.4. The van der Waals surface area contributed by atoms with Gasteiger partial charge in [-0.25, -0.2) is 4.79 Å². The predicted octanol–water partition coefficient (Wildman–Crippen LogP) is 2.13. The molecule has 0 bridgehead atoms. The fraction of sp³-hybridized carbons (Fsp3) is 0.526. The molecule has 2 fully saturated rings. The second kappa shape index (κ2) is 9.03. The third-order valence-corrected chi connectivity index (χ3v) is 6.08. The maximum absolute atomic E-state index is 12.4. The molecule has 27 heavy (non-hydrogen) atoms. The summed E-state index contributed by atoms with van der Waals surface area (Å²) in [5.74, 6) is 0.00883. The summed E-state index contributed by atoms with van der Waals surface area (Å²) in [5, 5.41) is 5.61. The molecule has 146 valence electrons. The average molecular weight is 391 g/mol. The molecule has 2 N–H and O–H groups in total. The standard InChI is InChI=1S/C19H26N4O3S/c1-2-3-6-17(24)23-11-4-5-14(23)15-7-8-16(27-15)18(25)20-9-12-22-13-10-21-19(22)26/h2-3,7-8,14H,4-6,9-13H2,1H3,(H,20,25)(H,21,26)/b3-2+/t14-/m1/s1. The molecule has 1 aromatic rings. The molecule has 1 aromatic heterocycles. The number of amides is 4. The quantitative estimate of drug-likeness (QED) is 0.700. The summed E-state index contributed by atoms with van der Waals surface area (Å²) >= 11 is 1.45. The monoisotopic (exact) mass is 390 g/mol. The lowest BCUT2D eigenvalue weighted by molar-refractivity contribution is -0.131. The van der Waals surface area contributed by atoms with E-state index in [1.807, 2.05) is 36.1 Å². The Morgan fingerprint density at radius 1 is 1.37 bits per heavy atom. The smallest absolute Gasteiger partial charge is 0.317 e. The Morgan fingerprint density at radius 2 is 2.22 bits per heavy atom. The van der Waals surface area contributed by atoms with Crippen LogP contribution < -0.4 is 10.6 Å². The number of thiophene rings is 1. The number of hydrogen-bond acceptors (Lipinski definition) is 4. The molecule has 1 atom stereocenters. The van der Waals surface area contributed by atoms with Crippen LogP contribution in [0.4, 0.5) is 4.79 Å². The van der Waals surface area contributed by atoms with E-state index in [2.05, 4.69) is 10.6 Å². The number of likely N-dealkylation sites (tertiary alicyclic amines) is 1. The number of allylic oxidation sites excluding steroid dienone is 1. The number of nitrogens with one attached hydrogen (secondary N) is 2. The number of carbonyl (C=O) groups excluding carboxylic acids is 3. The van der Waals surface area contributed by atoms with Gasteiger partial charge in [-0.15, -0.1) is 11.3 Å². The molecule has 8 heteroatoms. The van der Waals surface area contributed by atoms with Crippen molar-refractivity contribution >= 4 is 29.2 Å².